The number of hydrogen-bond donors (Lipinski definition) is 1. The van der Waals surface area contributed by atoms with Crippen molar-refractivity contribution in [3.63, 3.8) is 0 Å². The molecule has 2 aromatic rings. The van der Waals surface area contributed by atoms with Crippen molar-refractivity contribution in [3.05, 3.63) is 48.8 Å². The van der Waals surface area contributed by atoms with Gasteiger partial charge >= 0.3 is 6.03 Å². The third-order valence-corrected chi connectivity index (χ3v) is 4.21. The second kappa shape index (κ2) is 7.33. The summed E-state index contributed by atoms with van der Waals surface area (Å²) in [6.07, 6.45) is 6.13. The lowest BCUT2D eigenvalue weighted by Gasteiger charge is -2.32. The summed E-state index contributed by atoms with van der Waals surface area (Å²) in [4.78, 5) is 14.4. The average Bonchev–Trinajstić information content (AvgIpc) is 3.10. The van der Waals surface area contributed by atoms with E-state index in [0.717, 1.165) is 37.3 Å². The minimum Gasteiger partial charge on any atom is -0.384 e. The summed E-state index contributed by atoms with van der Waals surface area (Å²) in [5, 5.41) is 3.01. The van der Waals surface area contributed by atoms with E-state index in [1.54, 1.807) is 7.11 Å². The molecule has 1 N–H and O–H groups in total. The lowest BCUT2D eigenvalue weighted by atomic mass is 9.99. The Bertz CT molecular complexity index is 637. The molecule has 1 fully saturated rings. The number of anilines is 1. The van der Waals surface area contributed by atoms with Crippen molar-refractivity contribution in [2.75, 3.05) is 32.1 Å². The second-order valence-corrected chi connectivity index (χ2v) is 5.98. The highest BCUT2D eigenvalue weighted by molar-refractivity contribution is 5.89. The molecule has 1 unspecified atom stereocenters. The predicted molar refractivity (Wildman–Crippen MR) is 91.0 cm³/mol. The van der Waals surface area contributed by atoms with Gasteiger partial charge in [0.25, 0.3) is 0 Å². The molecule has 0 aliphatic carbocycles. The quantitative estimate of drug-likeness (QED) is 0.940. The smallest absolute Gasteiger partial charge is 0.321 e. The van der Waals surface area contributed by atoms with E-state index in [2.05, 4.69) is 5.32 Å². The first kappa shape index (κ1) is 15.6. The molecule has 5 heteroatoms. The summed E-state index contributed by atoms with van der Waals surface area (Å²) in [7, 11) is 1.71. The van der Waals surface area contributed by atoms with Gasteiger partial charge < -0.3 is 19.5 Å². The highest BCUT2D eigenvalue weighted by atomic mass is 16.5. The van der Waals surface area contributed by atoms with Crippen molar-refractivity contribution in [3.8, 4) is 5.69 Å². The molecule has 0 saturated carbocycles. The topological polar surface area (TPSA) is 46.5 Å². The van der Waals surface area contributed by atoms with Gasteiger partial charge in [-0.3, -0.25) is 0 Å². The Morgan fingerprint density at radius 2 is 2.13 bits per heavy atom. The molecule has 0 bridgehead atoms. The van der Waals surface area contributed by atoms with Crippen LogP contribution in [0.1, 0.15) is 12.8 Å². The highest BCUT2D eigenvalue weighted by Gasteiger charge is 2.23. The van der Waals surface area contributed by atoms with Crippen LogP contribution in [0.25, 0.3) is 5.69 Å². The van der Waals surface area contributed by atoms with Gasteiger partial charge in [0.1, 0.15) is 0 Å². The first-order valence-corrected chi connectivity index (χ1v) is 8.04. The van der Waals surface area contributed by atoms with Crippen LogP contribution in [0.3, 0.4) is 0 Å². The Hall–Kier alpha value is -2.27. The summed E-state index contributed by atoms with van der Waals surface area (Å²) in [5.41, 5.74) is 1.85. The molecular formula is C18H23N3O2. The van der Waals surface area contributed by atoms with Gasteiger partial charge in [-0.15, -0.1) is 0 Å². The van der Waals surface area contributed by atoms with Gasteiger partial charge in [-0.2, -0.15) is 0 Å². The molecule has 1 atom stereocenters. The minimum atomic E-state index is -0.0320. The molecule has 1 aromatic carbocycles. The number of nitrogens with one attached hydrogen (secondary N) is 1. The fraction of sp³-hybridized carbons (Fsp3) is 0.389. The Morgan fingerprint density at radius 3 is 2.91 bits per heavy atom. The number of benzene rings is 1. The molecule has 0 radical (unpaired) electrons. The van der Waals surface area contributed by atoms with Crippen LogP contribution in [0.5, 0.6) is 0 Å². The van der Waals surface area contributed by atoms with Crippen LogP contribution in [0.2, 0.25) is 0 Å². The summed E-state index contributed by atoms with van der Waals surface area (Å²) >= 11 is 0. The molecule has 3 rings (SSSR count). The van der Waals surface area contributed by atoms with Crippen molar-refractivity contribution >= 4 is 11.7 Å². The number of urea groups is 1. The Balaban J connectivity index is 1.65. The van der Waals surface area contributed by atoms with Crippen LogP contribution in [0.4, 0.5) is 10.5 Å². The van der Waals surface area contributed by atoms with Crippen LogP contribution in [0.15, 0.2) is 48.8 Å². The van der Waals surface area contributed by atoms with Crippen LogP contribution >= 0.6 is 0 Å². The zero-order valence-electron chi connectivity index (χ0n) is 13.4. The van der Waals surface area contributed by atoms with E-state index in [1.165, 1.54) is 0 Å². The number of nitrogens with zero attached hydrogens (tertiary/aromatic N) is 2. The molecule has 122 valence electrons. The van der Waals surface area contributed by atoms with Gasteiger partial charge in [-0.05, 0) is 43.2 Å². The van der Waals surface area contributed by atoms with E-state index in [1.807, 2.05) is 58.3 Å². The van der Waals surface area contributed by atoms with Gasteiger partial charge in [0.05, 0.1) is 6.61 Å². The molecule has 23 heavy (non-hydrogen) atoms. The Kier molecular flexibility index (Phi) is 4.98. The van der Waals surface area contributed by atoms with E-state index >= 15 is 0 Å². The van der Waals surface area contributed by atoms with Crippen LogP contribution in [-0.2, 0) is 4.74 Å². The number of carbonyl (C=O) groups excluding carboxylic acids is 1. The molecule has 1 aliphatic rings. The van der Waals surface area contributed by atoms with Gasteiger partial charge in [0.2, 0.25) is 0 Å². The number of likely N-dealkylation sites (tertiary alicyclic amines) is 1. The van der Waals surface area contributed by atoms with Crippen LogP contribution in [0, 0.1) is 5.92 Å². The fourth-order valence-corrected chi connectivity index (χ4v) is 3.07. The number of hydrogen-bond acceptors (Lipinski definition) is 2. The maximum Gasteiger partial charge on any atom is 0.321 e. The zero-order valence-corrected chi connectivity index (χ0v) is 13.4. The fourth-order valence-electron chi connectivity index (χ4n) is 3.07. The lowest BCUT2D eigenvalue weighted by Crippen LogP contribution is -2.43. The highest BCUT2D eigenvalue weighted by Crippen LogP contribution is 2.19. The van der Waals surface area contributed by atoms with Crippen molar-refractivity contribution in [1.29, 1.82) is 0 Å². The number of ether oxygens (including phenoxy) is 1. The van der Waals surface area contributed by atoms with E-state index in [4.69, 9.17) is 4.74 Å². The van der Waals surface area contributed by atoms with Gasteiger partial charge in [0.15, 0.2) is 0 Å². The molecule has 1 aliphatic heterocycles. The van der Waals surface area contributed by atoms with Gasteiger partial charge in [-0.1, -0.05) is 6.07 Å². The minimum absolute atomic E-state index is 0.0320. The number of aromatic nitrogens is 1. The molecule has 2 heterocycles. The SMILES string of the molecule is COCC1CCCN(C(=O)Nc2cccc(-n3cccc3)c2)C1. The van der Waals surface area contributed by atoms with Crippen molar-refractivity contribution in [2.45, 2.75) is 12.8 Å². The zero-order chi connectivity index (χ0) is 16.1. The molecule has 0 spiro atoms. The maximum absolute atomic E-state index is 12.5. The third-order valence-electron chi connectivity index (χ3n) is 4.21. The number of amides is 2. The summed E-state index contributed by atoms with van der Waals surface area (Å²) in [6, 6.07) is 11.8. The first-order valence-electron chi connectivity index (χ1n) is 8.04. The molecule has 5 nitrogen and oxygen atoms in total. The van der Waals surface area contributed by atoms with E-state index in [-0.39, 0.29) is 6.03 Å². The van der Waals surface area contributed by atoms with Crippen LogP contribution in [-0.4, -0.2) is 42.3 Å². The number of rotatable bonds is 4. The largest absolute Gasteiger partial charge is 0.384 e. The van der Waals surface area contributed by atoms with E-state index < -0.39 is 0 Å². The maximum atomic E-state index is 12.5. The van der Waals surface area contributed by atoms with Gasteiger partial charge in [-0.25, -0.2) is 4.79 Å². The first-order chi connectivity index (χ1) is 11.3. The predicted octanol–water partition coefficient (Wildman–Crippen LogP) is 3.37. The number of piperidine rings is 1. The molecule has 1 aromatic heterocycles. The van der Waals surface area contributed by atoms with Crippen molar-refractivity contribution < 1.29 is 9.53 Å². The third kappa shape index (κ3) is 3.93. The standard InChI is InChI=1S/C18H23N3O2/c1-23-14-15-6-5-11-21(13-15)18(22)19-16-7-4-8-17(12-16)20-9-2-3-10-20/h2-4,7-10,12,15H,5-6,11,13-14H2,1H3,(H,19,22). The van der Waals surface area contributed by atoms with E-state index in [9.17, 15) is 4.79 Å². The Labute approximate surface area is 136 Å². The molecule has 2 amide bonds. The molecule has 1 saturated heterocycles. The average molecular weight is 313 g/mol. The summed E-state index contributed by atoms with van der Waals surface area (Å²) < 4.78 is 7.24. The lowest BCUT2D eigenvalue weighted by molar-refractivity contribution is 0.104. The van der Waals surface area contributed by atoms with Crippen molar-refractivity contribution in [2.24, 2.45) is 5.92 Å². The Morgan fingerprint density at radius 1 is 1.30 bits per heavy atom. The second-order valence-electron chi connectivity index (χ2n) is 5.98. The van der Waals surface area contributed by atoms with Crippen molar-refractivity contribution in [1.82, 2.24) is 9.47 Å². The molecular weight excluding hydrogens is 290 g/mol. The monoisotopic (exact) mass is 313 g/mol. The summed E-state index contributed by atoms with van der Waals surface area (Å²) in [6.45, 7) is 2.28. The summed E-state index contributed by atoms with van der Waals surface area (Å²) in [5.74, 6) is 0.436. The normalized spacial score (nSPS) is 18.0. The number of carbonyl (C=O) groups is 1. The number of methoxy groups -OCH3 is 1. The van der Waals surface area contributed by atoms with E-state index in [0.29, 0.717) is 12.5 Å². The van der Waals surface area contributed by atoms with Crippen LogP contribution < -0.4 is 5.32 Å². The van der Waals surface area contributed by atoms with Gasteiger partial charge in [0, 0.05) is 49.9 Å².